The summed E-state index contributed by atoms with van der Waals surface area (Å²) >= 11 is 3.18. The third-order valence-electron chi connectivity index (χ3n) is 2.75. The lowest BCUT2D eigenvalue weighted by Crippen LogP contribution is -2.32. The maximum atomic E-state index is 12.2. The molecule has 4 nitrogen and oxygen atoms in total. The van der Waals surface area contributed by atoms with Crippen molar-refractivity contribution in [2.24, 2.45) is 5.92 Å². The monoisotopic (exact) mass is 318 g/mol. The third-order valence-corrected chi connectivity index (χ3v) is 5.41. The molecule has 0 radical (unpaired) electrons. The van der Waals surface area contributed by atoms with E-state index >= 15 is 0 Å². The zero-order chi connectivity index (χ0) is 12.6. The normalized spacial score (nSPS) is 17.7. The van der Waals surface area contributed by atoms with Crippen LogP contribution >= 0.6 is 15.9 Å². The van der Waals surface area contributed by atoms with Crippen LogP contribution in [0.5, 0.6) is 0 Å². The van der Waals surface area contributed by atoms with Gasteiger partial charge in [0.1, 0.15) is 0 Å². The maximum absolute atomic E-state index is 12.2. The van der Waals surface area contributed by atoms with E-state index in [4.69, 9.17) is 5.11 Å². The first-order chi connectivity index (χ1) is 7.93. The van der Waals surface area contributed by atoms with Crippen molar-refractivity contribution in [2.45, 2.75) is 23.0 Å². The molecule has 92 valence electrons. The summed E-state index contributed by atoms with van der Waals surface area (Å²) in [5, 5.41) is 7.75. The molecule has 0 amide bonds. The molecule has 1 unspecified atom stereocenters. The number of benzene rings is 1. The topological polar surface area (TPSA) is 71.4 Å². The molecular formula is C11H11BrO4S. The number of carboxylic acid groups (broad SMARTS) is 1. The second-order valence-electron chi connectivity index (χ2n) is 4.10. The first-order valence-electron chi connectivity index (χ1n) is 5.15. The summed E-state index contributed by atoms with van der Waals surface area (Å²) in [5.41, 5.74) is 0. The lowest BCUT2D eigenvalue weighted by Gasteiger charge is -2.12. The van der Waals surface area contributed by atoms with E-state index in [1.807, 2.05) is 0 Å². The van der Waals surface area contributed by atoms with Crippen LogP contribution in [0.25, 0.3) is 0 Å². The van der Waals surface area contributed by atoms with E-state index in [0.717, 1.165) is 0 Å². The number of halogens is 1. The number of carboxylic acids is 1. The van der Waals surface area contributed by atoms with Crippen LogP contribution in [0, 0.1) is 5.92 Å². The molecule has 1 aliphatic rings. The molecule has 0 aliphatic heterocycles. The van der Waals surface area contributed by atoms with Gasteiger partial charge in [0.25, 0.3) is 0 Å². The van der Waals surface area contributed by atoms with Crippen LogP contribution in [0.2, 0.25) is 0 Å². The van der Waals surface area contributed by atoms with Gasteiger partial charge in [0.05, 0.1) is 4.90 Å². The Labute approximate surface area is 108 Å². The molecule has 1 saturated carbocycles. The highest BCUT2D eigenvalue weighted by Gasteiger charge is 2.45. The van der Waals surface area contributed by atoms with Gasteiger partial charge in [-0.25, -0.2) is 8.42 Å². The Morgan fingerprint density at radius 1 is 1.41 bits per heavy atom. The number of carbonyl (C=O) groups is 1. The molecule has 0 bridgehead atoms. The van der Waals surface area contributed by atoms with Gasteiger partial charge in [-0.15, -0.1) is 0 Å². The first kappa shape index (κ1) is 12.6. The lowest BCUT2D eigenvalue weighted by molar-refractivity contribution is -0.136. The summed E-state index contributed by atoms with van der Waals surface area (Å²) in [4.78, 5) is 11.2. The molecule has 0 heterocycles. The second-order valence-corrected chi connectivity index (χ2v) is 7.08. The van der Waals surface area contributed by atoms with E-state index in [-0.39, 0.29) is 10.8 Å². The Bertz CT molecular complexity index is 548. The van der Waals surface area contributed by atoms with Crippen LogP contribution in [-0.4, -0.2) is 24.7 Å². The Morgan fingerprint density at radius 2 is 2.06 bits per heavy atom. The molecule has 1 aromatic rings. The molecule has 2 rings (SSSR count). The van der Waals surface area contributed by atoms with Gasteiger partial charge in [-0.1, -0.05) is 22.0 Å². The SMILES string of the molecule is O=C(O)C(C1CC1)S(=O)(=O)c1cccc(Br)c1. The quantitative estimate of drug-likeness (QED) is 0.922. The van der Waals surface area contributed by atoms with Crippen molar-refractivity contribution >= 4 is 31.7 Å². The summed E-state index contributed by atoms with van der Waals surface area (Å²) in [6.45, 7) is 0. The third kappa shape index (κ3) is 2.52. The highest BCUT2D eigenvalue weighted by atomic mass is 79.9. The summed E-state index contributed by atoms with van der Waals surface area (Å²) in [5.74, 6) is -1.50. The van der Waals surface area contributed by atoms with E-state index in [0.29, 0.717) is 17.3 Å². The molecule has 0 aromatic heterocycles. The van der Waals surface area contributed by atoms with Gasteiger partial charge in [-0.3, -0.25) is 4.79 Å². The molecule has 6 heteroatoms. The van der Waals surface area contributed by atoms with Gasteiger partial charge in [-0.05, 0) is 37.0 Å². The van der Waals surface area contributed by atoms with E-state index in [1.165, 1.54) is 12.1 Å². The number of aliphatic carboxylic acids is 1. The highest BCUT2D eigenvalue weighted by Crippen LogP contribution is 2.38. The highest BCUT2D eigenvalue weighted by molar-refractivity contribution is 9.10. The van der Waals surface area contributed by atoms with E-state index < -0.39 is 21.1 Å². The average Bonchev–Trinajstić information content (AvgIpc) is 3.01. The standard InChI is InChI=1S/C11H11BrO4S/c12-8-2-1-3-9(6-8)17(15,16)10(11(13)14)7-4-5-7/h1-3,6-7,10H,4-5H2,(H,13,14). The van der Waals surface area contributed by atoms with Gasteiger partial charge in [0, 0.05) is 4.47 Å². The fraction of sp³-hybridized carbons (Fsp3) is 0.364. The Hall–Kier alpha value is -0.880. The van der Waals surface area contributed by atoms with Crippen LogP contribution in [0.1, 0.15) is 12.8 Å². The van der Waals surface area contributed by atoms with Crippen LogP contribution in [0.15, 0.2) is 33.6 Å². The Morgan fingerprint density at radius 3 is 2.53 bits per heavy atom. The molecule has 1 fully saturated rings. The largest absolute Gasteiger partial charge is 0.480 e. The molecule has 1 N–H and O–H groups in total. The van der Waals surface area contributed by atoms with Crippen molar-refractivity contribution < 1.29 is 18.3 Å². The molecular weight excluding hydrogens is 308 g/mol. The van der Waals surface area contributed by atoms with Crippen molar-refractivity contribution in [3.05, 3.63) is 28.7 Å². The van der Waals surface area contributed by atoms with Gasteiger partial charge in [-0.2, -0.15) is 0 Å². The smallest absolute Gasteiger partial charge is 0.322 e. The predicted molar refractivity (Wildman–Crippen MR) is 65.5 cm³/mol. The molecule has 0 spiro atoms. The van der Waals surface area contributed by atoms with Gasteiger partial charge in [0.15, 0.2) is 15.1 Å². The number of sulfone groups is 1. The fourth-order valence-electron chi connectivity index (χ4n) is 1.78. The predicted octanol–water partition coefficient (Wildman–Crippen LogP) is 2.09. The van der Waals surface area contributed by atoms with Crippen LogP contribution < -0.4 is 0 Å². The first-order valence-corrected chi connectivity index (χ1v) is 7.49. The molecule has 1 aliphatic carbocycles. The van der Waals surface area contributed by atoms with Crippen molar-refractivity contribution in [3.8, 4) is 0 Å². The number of hydrogen-bond donors (Lipinski definition) is 1. The van der Waals surface area contributed by atoms with Gasteiger partial charge >= 0.3 is 5.97 Å². The van der Waals surface area contributed by atoms with Crippen molar-refractivity contribution in [3.63, 3.8) is 0 Å². The zero-order valence-electron chi connectivity index (χ0n) is 8.84. The maximum Gasteiger partial charge on any atom is 0.322 e. The van der Waals surface area contributed by atoms with Gasteiger partial charge in [0.2, 0.25) is 0 Å². The van der Waals surface area contributed by atoms with Crippen molar-refractivity contribution in [1.82, 2.24) is 0 Å². The van der Waals surface area contributed by atoms with Crippen LogP contribution in [0.4, 0.5) is 0 Å². The molecule has 0 saturated heterocycles. The lowest BCUT2D eigenvalue weighted by atomic mass is 10.3. The second kappa shape index (κ2) is 4.42. The molecule has 1 atom stereocenters. The number of rotatable bonds is 4. The minimum atomic E-state index is -3.79. The summed E-state index contributed by atoms with van der Waals surface area (Å²) in [7, 11) is -3.79. The molecule has 17 heavy (non-hydrogen) atoms. The van der Waals surface area contributed by atoms with Crippen LogP contribution in [0.3, 0.4) is 0 Å². The van der Waals surface area contributed by atoms with Gasteiger partial charge < -0.3 is 5.11 Å². The molecule has 1 aromatic carbocycles. The zero-order valence-corrected chi connectivity index (χ0v) is 11.2. The minimum absolute atomic E-state index is 0.0613. The summed E-state index contributed by atoms with van der Waals surface area (Å²) in [6.07, 6.45) is 1.34. The minimum Gasteiger partial charge on any atom is -0.480 e. The Kier molecular flexibility index (Phi) is 3.27. The van der Waals surface area contributed by atoms with E-state index in [9.17, 15) is 13.2 Å². The van der Waals surface area contributed by atoms with Crippen LogP contribution in [-0.2, 0) is 14.6 Å². The fourth-order valence-corrected chi connectivity index (χ4v) is 4.23. The number of hydrogen-bond acceptors (Lipinski definition) is 3. The Balaban J connectivity index is 2.44. The van der Waals surface area contributed by atoms with E-state index in [1.54, 1.807) is 12.1 Å². The average molecular weight is 319 g/mol. The van der Waals surface area contributed by atoms with Crippen molar-refractivity contribution in [1.29, 1.82) is 0 Å². The summed E-state index contributed by atoms with van der Waals surface area (Å²) in [6, 6.07) is 6.15. The van der Waals surface area contributed by atoms with Crippen molar-refractivity contribution in [2.75, 3.05) is 0 Å². The van der Waals surface area contributed by atoms with E-state index in [2.05, 4.69) is 15.9 Å². The summed E-state index contributed by atoms with van der Waals surface area (Å²) < 4.78 is 25.0.